The van der Waals surface area contributed by atoms with Crippen molar-refractivity contribution in [1.29, 1.82) is 0 Å². The highest BCUT2D eigenvalue weighted by atomic mass is 16.3. The van der Waals surface area contributed by atoms with Crippen LogP contribution < -0.4 is 10.6 Å². The molecule has 0 radical (unpaired) electrons. The van der Waals surface area contributed by atoms with Crippen LogP contribution in [0.2, 0.25) is 0 Å². The lowest BCUT2D eigenvalue weighted by Gasteiger charge is -2.27. The number of fused-ring (bicyclic) bond motifs is 2. The first-order valence-corrected chi connectivity index (χ1v) is 9.74. The molecule has 1 unspecified atom stereocenters. The summed E-state index contributed by atoms with van der Waals surface area (Å²) in [7, 11) is 0. The van der Waals surface area contributed by atoms with E-state index < -0.39 is 5.60 Å². The molecule has 6 heteroatoms. The zero-order valence-electron chi connectivity index (χ0n) is 15.9. The normalized spacial score (nSPS) is 19.1. The Morgan fingerprint density at radius 3 is 2.97 bits per heavy atom. The van der Waals surface area contributed by atoms with Gasteiger partial charge in [-0.3, -0.25) is 0 Å². The number of hydrogen-bond donors (Lipinski definition) is 4. The van der Waals surface area contributed by atoms with Gasteiger partial charge in [0.25, 0.3) is 0 Å². The van der Waals surface area contributed by atoms with Gasteiger partial charge < -0.3 is 20.7 Å². The Morgan fingerprint density at radius 1 is 1.10 bits per heavy atom. The van der Waals surface area contributed by atoms with Crippen LogP contribution in [0.5, 0.6) is 0 Å². The van der Waals surface area contributed by atoms with Crippen molar-refractivity contribution in [3.8, 4) is 11.8 Å². The number of aliphatic hydroxyl groups is 1. The van der Waals surface area contributed by atoms with Gasteiger partial charge in [-0.05, 0) is 61.9 Å². The van der Waals surface area contributed by atoms with Crippen molar-refractivity contribution >= 4 is 33.3 Å². The maximum absolute atomic E-state index is 10.6. The molecule has 1 fully saturated rings. The minimum atomic E-state index is -0.965. The van der Waals surface area contributed by atoms with Crippen LogP contribution in [0.15, 0.2) is 55.0 Å². The number of hydrogen-bond acceptors (Lipinski definition) is 5. The summed E-state index contributed by atoms with van der Waals surface area (Å²) in [5.74, 6) is 6.90. The predicted molar refractivity (Wildman–Crippen MR) is 115 cm³/mol. The van der Waals surface area contributed by atoms with Crippen molar-refractivity contribution in [3.63, 3.8) is 0 Å². The Balaban J connectivity index is 1.48. The lowest BCUT2D eigenvalue weighted by atomic mass is 9.94. The third kappa shape index (κ3) is 3.66. The number of nitrogens with zero attached hydrogens (tertiary/aromatic N) is 2. The second-order valence-corrected chi connectivity index (χ2v) is 7.42. The zero-order valence-corrected chi connectivity index (χ0v) is 15.9. The van der Waals surface area contributed by atoms with Gasteiger partial charge in [-0.25, -0.2) is 9.97 Å². The highest BCUT2D eigenvalue weighted by molar-refractivity contribution is 5.92. The molecule has 1 aliphatic rings. The summed E-state index contributed by atoms with van der Waals surface area (Å²) in [6.07, 6.45) is 5.10. The average Bonchev–Trinajstić information content (AvgIpc) is 3.21. The number of β-amino-alcohol motifs (C(OH)–C–C–N with tert-alkyl or cyclic N) is 1. The maximum atomic E-state index is 10.6. The van der Waals surface area contributed by atoms with Crippen molar-refractivity contribution in [3.05, 3.63) is 60.6 Å². The molecule has 1 aliphatic heterocycles. The minimum Gasteiger partial charge on any atom is -0.376 e. The Bertz CT molecular complexity index is 1240. The van der Waals surface area contributed by atoms with E-state index in [9.17, 15) is 5.11 Å². The Hall–Kier alpha value is -3.40. The summed E-state index contributed by atoms with van der Waals surface area (Å²) in [5.41, 5.74) is 2.75. The highest BCUT2D eigenvalue weighted by Crippen LogP contribution is 2.26. The molecule has 0 aliphatic carbocycles. The number of rotatable bonds is 2. The Kier molecular flexibility index (Phi) is 4.39. The van der Waals surface area contributed by atoms with Gasteiger partial charge >= 0.3 is 0 Å². The average molecular weight is 383 g/mol. The van der Waals surface area contributed by atoms with Gasteiger partial charge in [-0.15, -0.1) is 0 Å². The first-order valence-electron chi connectivity index (χ1n) is 9.74. The molecular formula is C23H21N5O. The molecular weight excluding hydrogens is 362 g/mol. The van der Waals surface area contributed by atoms with Crippen LogP contribution in [0, 0.1) is 11.8 Å². The van der Waals surface area contributed by atoms with Gasteiger partial charge in [0.1, 0.15) is 17.7 Å². The number of H-pyrrole nitrogens is 1. The van der Waals surface area contributed by atoms with Crippen LogP contribution in [-0.2, 0) is 0 Å². The van der Waals surface area contributed by atoms with E-state index in [1.807, 2.05) is 42.6 Å². The molecule has 2 aromatic carbocycles. The monoisotopic (exact) mass is 383 g/mol. The van der Waals surface area contributed by atoms with Crippen LogP contribution >= 0.6 is 0 Å². The number of aromatic nitrogens is 3. The Labute approximate surface area is 168 Å². The van der Waals surface area contributed by atoms with Crippen molar-refractivity contribution in [2.24, 2.45) is 0 Å². The summed E-state index contributed by atoms with van der Waals surface area (Å²) in [4.78, 5) is 12.0. The molecule has 0 bridgehead atoms. The smallest absolute Gasteiger partial charge is 0.141 e. The molecule has 144 valence electrons. The van der Waals surface area contributed by atoms with Crippen LogP contribution in [0.4, 0.5) is 11.5 Å². The molecule has 0 saturated carbocycles. The van der Waals surface area contributed by atoms with Crippen LogP contribution in [0.1, 0.15) is 18.4 Å². The largest absolute Gasteiger partial charge is 0.376 e. The molecule has 6 nitrogen and oxygen atoms in total. The van der Waals surface area contributed by atoms with Crippen molar-refractivity contribution < 1.29 is 5.11 Å². The maximum Gasteiger partial charge on any atom is 0.141 e. The number of nitrogens with one attached hydrogen (secondary N) is 3. The molecule has 1 atom stereocenters. The number of anilines is 2. The molecule has 4 aromatic rings. The van der Waals surface area contributed by atoms with Gasteiger partial charge in [0, 0.05) is 40.3 Å². The van der Waals surface area contributed by atoms with Crippen molar-refractivity contribution in [2.75, 3.05) is 18.4 Å². The third-order valence-corrected chi connectivity index (χ3v) is 5.25. The molecule has 0 spiro atoms. The van der Waals surface area contributed by atoms with Crippen molar-refractivity contribution in [2.45, 2.75) is 18.4 Å². The van der Waals surface area contributed by atoms with E-state index in [1.165, 1.54) is 0 Å². The van der Waals surface area contributed by atoms with Crippen LogP contribution in [0.3, 0.4) is 0 Å². The number of benzene rings is 2. The zero-order chi connectivity index (χ0) is 19.7. The van der Waals surface area contributed by atoms with E-state index in [0.717, 1.165) is 51.8 Å². The lowest BCUT2D eigenvalue weighted by molar-refractivity contribution is 0.0736. The topological polar surface area (TPSA) is 85.9 Å². The molecule has 0 amide bonds. The fraction of sp³-hybridized carbons (Fsp3) is 0.217. The van der Waals surface area contributed by atoms with Crippen LogP contribution in [0.25, 0.3) is 21.8 Å². The minimum absolute atomic E-state index is 0.505. The van der Waals surface area contributed by atoms with E-state index in [2.05, 4.69) is 43.5 Å². The molecule has 5 rings (SSSR count). The first-order chi connectivity index (χ1) is 14.2. The molecule has 29 heavy (non-hydrogen) atoms. The van der Waals surface area contributed by atoms with Crippen LogP contribution in [-0.4, -0.2) is 38.7 Å². The van der Waals surface area contributed by atoms with Gasteiger partial charge in [0.2, 0.25) is 0 Å². The fourth-order valence-corrected chi connectivity index (χ4v) is 3.69. The highest BCUT2D eigenvalue weighted by Gasteiger charge is 2.26. The summed E-state index contributed by atoms with van der Waals surface area (Å²) in [6, 6.07) is 14.0. The van der Waals surface area contributed by atoms with Crippen molar-refractivity contribution in [1.82, 2.24) is 20.3 Å². The van der Waals surface area contributed by atoms with Gasteiger partial charge in [-0.1, -0.05) is 11.8 Å². The standard InChI is InChI=1S/C23H21N5O/c29-23(8-1-10-24-14-23)9-6-16-2-4-21-19(12-16)22(27-15-26-21)28-18-3-5-20-17(13-18)7-11-25-20/h2-5,7,11-13,15,24-25,29H,1,8,10,14H2,(H,26,27,28). The van der Waals surface area contributed by atoms with E-state index in [4.69, 9.17) is 0 Å². The van der Waals surface area contributed by atoms with Gasteiger partial charge in [0.05, 0.1) is 5.52 Å². The molecule has 3 heterocycles. The van der Waals surface area contributed by atoms with Gasteiger partial charge in [-0.2, -0.15) is 0 Å². The molecule has 2 aromatic heterocycles. The summed E-state index contributed by atoms with van der Waals surface area (Å²) < 4.78 is 0. The first kappa shape index (κ1) is 17.7. The van der Waals surface area contributed by atoms with E-state index in [0.29, 0.717) is 13.0 Å². The van der Waals surface area contributed by atoms with E-state index >= 15 is 0 Å². The summed E-state index contributed by atoms with van der Waals surface area (Å²) in [6.45, 7) is 1.44. The van der Waals surface area contributed by atoms with E-state index in [-0.39, 0.29) is 0 Å². The molecule has 4 N–H and O–H groups in total. The second-order valence-electron chi connectivity index (χ2n) is 7.42. The van der Waals surface area contributed by atoms with Gasteiger partial charge in [0.15, 0.2) is 0 Å². The quantitative estimate of drug-likeness (QED) is 0.399. The number of aromatic amines is 1. The Morgan fingerprint density at radius 2 is 2.07 bits per heavy atom. The number of piperidine rings is 1. The van der Waals surface area contributed by atoms with E-state index in [1.54, 1.807) is 6.33 Å². The SMILES string of the molecule is OC1(C#Cc2ccc3ncnc(Nc4ccc5[nH]ccc5c4)c3c2)CCCNC1. The molecule has 1 saturated heterocycles. The predicted octanol–water partition coefficient (Wildman–Crippen LogP) is 3.32. The summed E-state index contributed by atoms with van der Waals surface area (Å²) in [5, 5.41) is 19.2. The summed E-state index contributed by atoms with van der Waals surface area (Å²) >= 11 is 0. The lowest BCUT2D eigenvalue weighted by Crippen LogP contribution is -2.44. The third-order valence-electron chi connectivity index (χ3n) is 5.25. The second kappa shape index (κ2) is 7.21. The fourth-order valence-electron chi connectivity index (χ4n) is 3.69.